The van der Waals surface area contributed by atoms with Crippen molar-refractivity contribution >= 4 is 15.9 Å². The zero-order valence-corrected chi connectivity index (χ0v) is 16.9. The second kappa shape index (κ2) is 7.72. The lowest BCUT2D eigenvalue weighted by molar-refractivity contribution is 0.0914. The van der Waals surface area contributed by atoms with Gasteiger partial charge < -0.3 is 9.88 Å². The highest BCUT2D eigenvalue weighted by Gasteiger charge is 2.31. The Kier molecular flexibility index (Phi) is 5.77. The Morgan fingerprint density at radius 2 is 1.81 bits per heavy atom. The van der Waals surface area contributed by atoms with Gasteiger partial charge in [-0.15, -0.1) is 0 Å². The first-order valence-corrected chi connectivity index (χ1v) is 11.2. The largest absolute Gasteiger partial charge is 0.348 e. The van der Waals surface area contributed by atoms with Crippen LogP contribution in [0.2, 0.25) is 0 Å². The molecule has 0 bridgehead atoms. The summed E-state index contributed by atoms with van der Waals surface area (Å²) in [6, 6.07) is 1.71. The smallest absolute Gasteiger partial charge is 0.268 e. The fourth-order valence-corrected chi connectivity index (χ4v) is 5.75. The summed E-state index contributed by atoms with van der Waals surface area (Å²) in [6.45, 7) is 5.44. The van der Waals surface area contributed by atoms with Crippen LogP contribution in [-0.2, 0) is 17.1 Å². The number of carbonyl (C=O) groups is 1. The van der Waals surface area contributed by atoms with Gasteiger partial charge in [-0.2, -0.15) is 4.31 Å². The first kappa shape index (κ1) is 19.4. The second-order valence-corrected chi connectivity index (χ2v) is 10.2. The highest BCUT2D eigenvalue weighted by atomic mass is 32.2. The van der Waals surface area contributed by atoms with E-state index in [1.54, 1.807) is 22.1 Å². The van der Waals surface area contributed by atoms with Crippen LogP contribution < -0.4 is 5.32 Å². The molecule has 1 aromatic rings. The van der Waals surface area contributed by atoms with E-state index in [1.165, 1.54) is 6.07 Å². The van der Waals surface area contributed by atoms with Gasteiger partial charge in [-0.3, -0.25) is 4.79 Å². The van der Waals surface area contributed by atoms with Gasteiger partial charge in [-0.1, -0.05) is 13.8 Å². The van der Waals surface area contributed by atoms with Crippen LogP contribution in [0.25, 0.3) is 0 Å². The minimum atomic E-state index is -3.54. The van der Waals surface area contributed by atoms with Crippen LogP contribution >= 0.6 is 0 Å². The Hall–Kier alpha value is -1.34. The van der Waals surface area contributed by atoms with Crippen LogP contribution in [0.1, 0.15) is 62.9 Å². The fourth-order valence-electron chi connectivity index (χ4n) is 4.08. The zero-order chi connectivity index (χ0) is 18.9. The Balaban J connectivity index is 1.73. The molecule has 1 aliphatic carbocycles. The quantitative estimate of drug-likeness (QED) is 0.872. The molecule has 0 aromatic carbocycles. The van der Waals surface area contributed by atoms with Crippen LogP contribution in [0.4, 0.5) is 0 Å². The molecule has 146 valence electrons. The van der Waals surface area contributed by atoms with Crippen LogP contribution in [0.15, 0.2) is 17.2 Å². The topological polar surface area (TPSA) is 71.4 Å². The Labute approximate surface area is 157 Å². The summed E-state index contributed by atoms with van der Waals surface area (Å²) in [5.41, 5.74) is 0.409. The van der Waals surface area contributed by atoms with E-state index in [-0.39, 0.29) is 16.8 Å². The van der Waals surface area contributed by atoms with E-state index in [0.717, 1.165) is 44.4 Å². The number of carbonyl (C=O) groups excluding carboxylic acids is 1. The third-order valence-electron chi connectivity index (χ3n) is 5.82. The molecule has 0 radical (unpaired) electrons. The average molecular weight is 382 g/mol. The molecular formula is C19H31N3O3S. The van der Waals surface area contributed by atoms with E-state index in [9.17, 15) is 13.2 Å². The summed E-state index contributed by atoms with van der Waals surface area (Å²) in [4.78, 5) is 12.9. The standard InChI is InChI=1S/C19H31N3O3S/c1-14-6-8-16(9-7-14)20-19(23)18-11-17(13-21(18)3)26(24,25)22-10-4-5-15(2)12-22/h11,13-16H,4-10,12H2,1-3H3,(H,20,23). The van der Waals surface area contributed by atoms with E-state index in [1.807, 2.05) is 0 Å². The number of hydrogen-bond acceptors (Lipinski definition) is 3. The molecule has 1 N–H and O–H groups in total. The number of aryl methyl sites for hydroxylation is 1. The molecule has 0 spiro atoms. The number of hydrogen-bond donors (Lipinski definition) is 1. The predicted molar refractivity (Wildman–Crippen MR) is 101 cm³/mol. The van der Waals surface area contributed by atoms with E-state index < -0.39 is 10.0 Å². The van der Waals surface area contributed by atoms with Crippen LogP contribution in [0, 0.1) is 11.8 Å². The van der Waals surface area contributed by atoms with Crippen molar-refractivity contribution < 1.29 is 13.2 Å². The molecule has 1 saturated carbocycles. The summed E-state index contributed by atoms with van der Waals surface area (Å²) in [6.07, 6.45) is 7.76. The van der Waals surface area contributed by atoms with Gasteiger partial charge in [0.25, 0.3) is 5.91 Å². The third-order valence-corrected chi connectivity index (χ3v) is 7.65. The van der Waals surface area contributed by atoms with Crippen molar-refractivity contribution in [2.45, 2.75) is 63.3 Å². The van der Waals surface area contributed by atoms with Crippen molar-refractivity contribution in [3.05, 3.63) is 18.0 Å². The van der Waals surface area contributed by atoms with Crippen LogP contribution in [0.3, 0.4) is 0 Å². The maximum atomic E-state index is 12.9. The van der Waals surface area contributed by atoms with Gasteiger partial charge in [0.2, 0.25) is 10.0 Å². The lowest BCUT2D eigenvalue weighted by atomic mass is 9.87. The molecular weight excluding hydrogens is 350 g/mol. The van der Waals surface area contributed by atoms with E-state index >= 15 is 0 Å². The van der Waals surface area contributed by atoms with Crippen molar-refractivity contribution in [2.75, 3.05) is 13.1 Å². The highest BCUT2D eigenvalue weighted by molar-refractivity contribution is 7.89. The van der Waals surface area contributed by atoms with E-state index in [2.05, 4.69) is 19.2 Å². The molecule has 3 rings (SSSR count). The van der Waals surface area contributed by atoms with Gasteiger partial charge >= 0.3 is 0 Å². The molecule has 1 aliphatic heterocycles. The number of amides is 1. The van der Waals surface area contributed by atoms with Gasteiger partial charge in [-0.25, -0.2) is 8.42 Å². The first-order valence-electron chi connectivity index (χ1n) is 9.74. The summed E-state index contributed by atoms with van der Waals surface area (Å²) in [7, 11) is -1.81. The molecule has 1 aromatic heterocycles. The highest BCUT2D eigenvalue weighted by Crippen LogP contribution is 2.26. The number of nitrogens with one attached hydrogen (secondary N) is 1. The summed E-state index contributed by atoms with van der Waals surface area (Å²) in [5, 5.41) is 3.08. The van der Waals surface area contributed by atoms with Crippen molar-refractivity contribution in [2.24, 2.45) is 18.9 Å². The number of rotatable bonds is 4. The monoisotopic (exact) mass is 381 g/mol. The lowest BCUT2D eigenvalue weighted by Crippen LogP contribution is -2.39. The maximum absolute atomic E-state index is 12.9. The molecule has 7 heteroatoms. The van der Waals surface area contributed by atoms with Gasteiger partial charge in [0.1, 0.15) is 10.6 Å². The second-order valence-electron chi connectivity index (χ2n) is 8.21. The Morgan fingerprint density at radius 1 is 1.12 bits per heavy atom. The molecule has 2 fully saturated rings. The molecule has 1 saturated heterocycles. The third kappa shape index (κ3) is 4.14. The zero-order valence-electron chi connectivity index (χ0n) is 16.1. The Morgan fingerprint density at radius 3 is 2.46 bits per heavy atom. The summed E-state index contributed by atoms with van der Waals surface area (Å²) >= 11 is 0. The van der Waals surface area contributed by atoms with Crippen LogP contribution in [0.5, 0.6) is 0 Å². The van der Waals surface area contributed by atoms with Gasteiger partial charge in [0.05, 0.1) is 0 Å². The minimum absolute atomic E-state index is 0.180. The molecule has 26 heavy (non-hydrogen) atoms. The molecule has 2 heterocycles. The number of aromatic nitrogens is 1. The normalized spacial score (nSPS) is 28.0. The molecule has 1 atom stereocenters. The van der Waals surface area contributed by atoms with Gasteiger partial charge in [0, 0.05) is 32.4 Å². The minimum Gasteiger partial charge on any atom is -0.348 e. The number of nitrogens with zero attached hydrogens (tertiary/aromatic N) is 2. The molecule has 1 unspecified atom stereocenters. The lowest BCUT2D eigenvalue weighted by Gasteiger charge is -2.29. The number of piperidine rings is 1. The number of sulfonamides is 1. The first-order chi connectivity index (χ1) is 12.3. The van der Waals surface area contributed by atoms with Crippen LogP contribution in [-0.4, -0.2) is 42.3 Å². The van der Waals surface area contributed by atoms with Crippen molar-refractivity contribution in [1.82, 2.24) is 14.2 Å². The molecule has 1 amide bonds. The molecule has 6 nitrogen and oxygen atoms in total. The van der Waals surface area contributed by atoms with E-state index in [4.69, 9.17) is 0 Å². The SMILES string of the molecule is CC1CCC(NC(=O)c2cc(S(=O)(=O)N3CCCC(C)C3)cn2C)CC1. The summed E-state index contributed by atoms with van der Waals surface area (Å²) in [5.74, 6) is 0.918. The van der Waals surface area contributed by atoms with Crippen molar-refractivity contribution in [3.8, 4) is 0 Å². The predicted octanol–water partition coefficient (Wildman–Crippen LogP) is 2.75. The van der Waals surface area contributed by atoms with Crippen molar-refractivity contribution in [1.29, 1.82) is 0 Å². The summed E-state index contributed by atoms with van der Waals surface area (Å²) < 4.78 is 29.0. The molecule has 2 aliphatic rings. The fraction of sp³-hybridized carbons (Fsp3) is 0.737. The average Bonchev–Trinajstić information content (AvgIpc) is 3.00. The van der Waals surface area contributed by atoms with Crippen molar-refractivity contribution in [3.63, 3.8) is 0 Å². The van der Waals surface area contributed by atoms with E-state index in [0.29, 0.717) is 24.7 Å². The van der Waals surface area contributed by atoms with Gasteiger partial charge in [-0.05, 0) is 56.4 Å². The maximum Gasteiger partial charge on any atom is 0.268 e. The van der Waals surface area contributed by atoms with Gasteiger partial charge in [0.15, 0.2) is 0 Å². The Bertz CT molecular complexity index is 748.